The van der Waals surface area contributed by atoms with Gasteiger partial charge in [-0.15, -0.1) is 11.3 Å². The number of hydrazine groups is 1. The highest BCUT2D eigenvalue weighted by atomic mass is 32.2. The van der Waals surface area contributed by atoms with E-state index in [1.54, 1.807) is 77.9 Å². The zero-order valence-corrected chi connectivity index (χ0v) is 45.4. The van der Waals surface area contributed by atoms with Crippen LogP contribution in [0, 0.1) is 0 Å². The van der Waals surface area contributed by atoms with Gasteiger partial charge < -0.3 is 20.6 Å². The number of hydrogen-bond acceptors (Lipinski definition) is 12. The van der Waals surface area contributed by atoms with Crippen LogP contribution in [0.25, 0.3) is 0 Å². The molecule has 388 valence electrons. The molecule has 11 nitrogen and oxygen atoms in total. The number of thiophene rings is 1. The fourth-order valence-electron chi connectivity index (χ4n) is 5.93. The van der Waals surface area contributed by atoms with Crippen LogP contribution >= 0.6 is 46.2 Å². The Bertz CT molecular complexity index is 1260. The number of H-pyrrole nitrogens is 3. The molecule has 1 aromatic carbocycles. The Morgan fingerprint density at radius 2 is 0.814 bits per heavy atom. The molecule has 5 saturated heterocycles. The molecule has 6 aromatic heterocycles. The minimum absolute atomic E-state index is 1.14. The third-order valence-corrected chi connectivity index (χ3v) is 13.1. The van der Waals surface area contributed by atoms with Gasteiger partial charge in [-0.2, -0.15) is 40.0 Å². The molecule has 1 saturated carbocycles. The second-order valence-corrected chi connectivity index (χ2v) is 19.7. The summed E-state index contributed by atoms with van der Waals surface area (Å²) < 4.78 is 0. The maximum absolute atomic E-state index is 3.78. The summed E-state index contributed by atoms with van der Waals surface area (Å²) in [7, 11) is 0. The van der Waals surface area contributed by atoms with E-state index < -0.39 is 0 Å². The van der Waals surface area contributed by atoms with Crippen molar-refractivity contribution in [1.29, 1.82) is 0 Å². The van der Waals surface area contributed by atoms with Crippen LogP contribution in [0.15, 0.2) is 169 Å². The van der Waals surface area contributed by atoms with E-state index in [4.69, 9.17) is 0 Å². The van der Waals surface area contributed by atoms with Crippen molar-refractivity contribution in [3.05, 3.63) is 169 Å². The van der Waals surface area contributed by atoms with E-state index >= 15 is 0 Å². The van der Waals surface area contributed by atoms with Gasteiger partial charge in [0.1, 0.15) is 0 Å². The summed E-state index contributed by atoms with van der Waals surface area (Å²) in [6.07, 6.45) is 42.2. The predicted molar refractivity (Wildman–Crippen MR) is 310 cm³/mol. The fourth-order valence-corrected chi connectivity index (χ4v) is 8.78. The highest BCUT2D eigenvalue weighted by Gasteiger charge is 1.97. The zero-order valence-electron chi connectivity index (χ0n) is 42.2. The Hall–Kier alpha value is -4.06. The van der Waals surface area contributed by atoms with Crippen LogP contribution in [0.1, 0.15) is 109 Å². The molecule has 11 heterocycles. The van der Waals surface area contributed by atoms with E-state index in [9.17, 15) is 0 Å². The highest BCUT2D eigenvalue weighted by Crippen LogP contribution is 2.16. The van der Waals surface area contributed by atoms with E-state index in [0.29, 0.717) is 0 Å². The van der Waals surface area contributed by atoms with Gasteiger partial charge in [-0.3, -0.25) is 25.9 Å². The number of piperidine rings is 1. The molecule has 0 unspecified atom stereocenters. The molecule has 6 aliphatic rings. The Morgan fingerprint density at radius 1 is 0.314 bits per heavy atom. The average Bonchev–Trinajstić information content (AvgIpc) is 4.33. The molecule has 70 heavy (non-hydrogen) atoms. The standard InChI is InChI=1S/C6H12.C6H6.C5H11N.C5H5N.C5H10S.C4H9N.C4H5N.C4H8S.C4H4S.C3H4N2.C3H8N2.C3H4N2.C3H3NS/c5*1-2-4-6-5-3-1;4*1-2-4-5-3-1;1-2-5-3-4-1;2*1-2-4-5-3-1;1-2-5-3-4-1/h1-6H2;1-6H;6H,1-5H2;1-5H;1-5H2;5H,1-4H2;1-5H;1-4H2;1-4H;1-3H,(H,4,5);4-5H,1-3H2;1-3H,(H,4,5);1-3H. The number of nitrogens with zero attached hydrogens (tertiary/aromatic N) is 4. The first-order valence-electron chi connectivity index (χ1n) is 25.6. The van der Waals surface area contributed by atoms with Crippen molar-refractivity contribution in [3.8, 4) is 0 Å². The number of hydrogen-bond donors (Lipinski definition) is 7. The summed E-state index contributed by atoms with van der Waals surface area (Å²) in [6.45, 7) is 7.28. The van der Waals surface area contributed by atoms with Crippen molar-refractivity contribution >= 4 is 46.2 Å². The van der Waals surface area contributed by atoms with E-state index in [-0.39, 0.29) is 0 Å². The van der Waals surface area contributed by atoms with Crippen molar-refractivity contribution in [3.63, 3.8) is 0 Å². The number of rotatable bonds is 0. The van der Waals surface area contributed by atoms with Gasteiger partial charge in [0.15, 0.2) is 0 Å². The minimum atomic E-state index is 1.14. The normalized spacial score (nSPS) is 15.5. The second-order valence-electron chi connectivity index (χ2n) is 15.6. The summed E-state index contributed by atoms with van der Waals surface area (Å²) in [5.41, 5.74) is 7.74. The quantitative estimate of drug-likeness (QED) is 0.0783. The SMILES string of the molecule is C1CCCCC1.C1CCNC1.C1CCNCC1.C1CCSC1.C1CCSCC1.C1CNNC1.c1c[nH]cn1.c1cc[nH]c1.c1ccccc1.c1ccncc1.c1ccsc1.c1cn[nH]c1.c1cscn1. The Morgan fingerprint density at radius 3 is 1.00 bits per heavy atom. The van der Waals surface area contributed by atoms with Crippen LogP contribution in [0.2, 0.25) is 0 Å². The third-order valence-electron chi connectivity index (χ3n) is 9.61. The highest BCUT2D eigenvalue weighted by molar-refractivity contribution is 7.99. The van der Waals surface area contributed by atoms with Crippen LogP contribution < -0.4 is 21.5 Å². The summed E-state index contributed by atoms with van der Waals surface area (Å²) in [5.74, 6) is 5.67. The molecule has 0 atom stereocenters. The summed E-state index contributed by atoms with van der Waals surface area (Å²) in [6, 6.07) is 27.5. The molecule has 13 rings (SSSR count). The lowest BCUT2D eigenvalue weighted by molar-refractivity contribution is 0.504. The topological polar surface area (TPSA) is 147 Å². The van der Waals surface area contributed by atoms with Crippen LogP contribution in [0.5, 0.6) is 0 Å². The fraction of sp³-hybridized carbons (Fsp3) is 0.491. The third kappa shape index (κ3) is 58.3. The number of nitrogens with one attached hydrogen (secondary N) is 7. The molecule has 7 aromatic rings. The molecule has 15 heteroatoms. The van der Waals surface area contributed by atoms with Crippen molar-refractivity contribution in [1.82, 2.24) is 56.6 Å². The lowest BCUT2D eigenvalue weighted by atomic mass is 10.0. The molecule has 0 radical (unpaired) electrons. The first kappa shape index (κ1) is 64.0. The minimum Gasteiger partial charge on any atom is -0.368 e. The van der Waals surface area contributed by atoms with E-state index in [1.165, 1.54) is 158 Å². The van der Waals surface area contributed by atoms with Gasteiger partial charge in [-0.1, -0.05) is 106 Å². The van der Waals surface area contributed by atoms with Crippen LogP contribution in [-0.2, 0) is 0 Å². The number of pyridine rings is 1. The van der Waals surface area contributed by atoms with E-state index in [1.807, 2.05) is 113 Å². The molecular weight excluding hydrogens is 943 g/mol. The van der Waals surface area contributed by atoms with Crippen molar-refractivity contribution in [2.24, 2.45) is 0 Å². The summed E-state index contributed by atoms with van der Waals surface area (Å²) in [5, 5.41) is 18.7. The van der Waals surface area contributed by atoms with Gasteiger partial charge in [0.05, 0.1) is 11.8 Å². The molecule has 0 amide bonds. The van der Waals surface area contributed by atoms with Gasteiger partial charge in [0.2, 0.25) is 0 Å². The summed E-state index contributed by atoms with van der Waals surface area (Å²) in [4.78, 5) is 16.8. The monoisotopic (exact) mass is 1030 g/mol. The number of thiazole rings is 1. The lowest BCUT2D eigenvalue weighted by Gasteiger charge is -2.08. The van der Waals surface area contributed by atoms with Gasteiger partial charge in [-0.25, -0.2) is 4.98 Å². The molecule has 7 N–H and O–H groups in total. The van der Waals surface area contributed by atoms with Gasteiger partial charge in [0, 0.05) is 74.2 Å². The summed E-state index contributed by atoms with van der Waals surface area (Å²) >= 11 is 7.48. The Kier molecular flexibility index (Phi) is 55.8. The first-order chi connectivity index (χ1) is 35.0. The van der Waals surface area contributed by atoms with Crippen LogP contribution in [-0.4, -0.2) is 97.4 Å². The maximum atomic E-state index is 3.78. The van der Waals surface area contributed by atoms with Gasteiger partial charge in [0.25, 0.3) is 0 Å². The van der Waals surface area contributed by atoms with Crippen molar-refractivity contribution in [2.75, 3.05) is 62.3 Å². The van der Waals surface area contributed by atoms with Crippen LogP contribution in [0.3, 0.4) is 0 Å². The maximum Gasteiger partial charge on any atom is 0.0919 e. The predicted octanol–water partition coefficient (Wildman–Crippen LogP) is 13.9. The van der Waals surface area contributed by atoms with Crippen molar-refractivity contribution in [2.45, 2.75) is 109 Å². The molecular formula is C55H89N11S4. The molecule has 5 aliphatic heterocycles. The first-order valence-corrected chi connectivity index (χ1v) is 29.8. The number of benzene rings is 1. The molecule has 0 spiro atoms. The van der Waals surface area contributed by atoms with E-state index in [0.717, 1.165) is 13.1 Å². The van der Waals surface area contributed by atoms with E-state index in [2.05, 4.69) is 80.1 Å². The zero-order chi connectivity index (χ0) is 49.5. The largest absolute Gasteiger partial charge is 0.368 e. The average molecular weight is 1030 g/mol. The lowest BCUT2D eigenvalue weighted by Crippen LogP contribution is -2.21. The number of thioether (sulfide) groups is 2. The number of aromatic nitrogens is 7. The van der Waals surface area contributed by atoms with Gasteiger partial charge >= 0.3 is 0 Å². The Balaban J connectivity index is 0.000000379. The van der Waals surface area contributed by atoms with Gasteiger partial charge in [-0.05, 0) is 148 Å². The number of aromatic amines is 3. The molecule has 1 aliphatic carbocycles. The molecule has 0 bridgehead atoms. The smallest absolute Gasteiger partial charge is 0.0919 e. The Labute approximate surface area is 440 Å². The van der Waals surface area contributed by atoms with Crippen molar-refractivity contribution < 1.29 is 0 Å². The number of imidazole rings is 1. The van der Waals surface area contributed by atoms with Crippen LogP contribution in [0.4, 0.5) is 0 Å². The molecule has 6 fully saturated rings. The second kappa shape index (κ2) is 61.1.